The van der Waals surface area contributed by atoms with E-state index >= 15 is 8.78 Å². The molecule has 0 radical (unpaired) electrons. The van der Waals surface area contributed by atoms with E-state index in [0.717, 1.165) is 27.8 Å². The number of aliphatic hydroxyl groups is 1. The third-order valence-corrected chi connectivity index (χ3v) is 11.4. The van der Waals surface area contributed by atoms with Crippen molar-refractivity contribution in [2.45, 2.75) is 82.1 Å². The second kappa shape index (κ2) is 12.4. The van der Waals surface area contributed by atoms with E-state index in [4.69, 9.17) is 28.0 Å². The summed E-state index contributed by atoms with van der Waals surface area (Å²) in [6, 6.07) is 12.2. The average molecular weight is 693 g/mol. The van der Waals surface area contributed by atoms with Crippen LogP contribution in [0.3, 0.4) is 0 Å². The molecule has 2 fully saturated rings. The Hall–Kier alpha value is -3.19. The Morgan fingerprint density at radius 3 is 2.49 bits per heavy atom. The Kier molecular flexibility index (Phi) is 8.86. The maximum Gasteiger partial charge on any atom is 0.456 e. The summed E-state index contributed by atoms with van der Waals surface area (Å²) in [4.78, 5) is 17.5. The summed E-state index contributed by atoms with van der Waals surface area (Å²) in [5, 5.41) is 16.1. The van der Waals surface area contributed by atoms with Gasteiger partial charge in [-0.25, -0.2) is 0 Å². The highest BCUT2D eigenvalue weighted by Gasteiger charge is 2.79. The van der Waals surface area contributed by atoms with Crippen LogP contribution in [0.5, 0.6) is 0 Å². The molecule has 1 N–H and O–H groups in total. The predicted octanol–water partition coefficient (Wildman–Crippen LogP) is 9.38. The number of hydrogen-bond donors (Lipinski definition) is 1. The molecule has 4 nitrogen and oxygen atoms in total. The smallest absolute Gasteiger partial charge is 0.390 e. The van der Waals surface area contributed by atoms with Crippen molar-refractivity contribution < 1.29 is 36.7 Å². The third-order valence-electron chi connectivity index (χ3n) is 10.7. The maximum absolute atomic E-state index is 15.2. The van der Waals surface area contributed by atoms with Crippen molar-refractivity contribution in [3.63, 3.8) is 0 Å². The average Bonchev–Trinajstić information content (AvgIpc) is 3.31. The number of rotatable bonds is 5. The molecule has 0 amide bonds. The van der Waals surface area contributed by atoms with Crippen LogP contribution in [-0.4, -0.2) is 34.8 Å². The van der Waals surface area contributed by atoms with Gasteiger partial charge in [-0.05, 0) is 109 Å². The Labute approximate surface area is 279 Å². The van der Waals surface area contributed by atoms with E-state index in [2.05, 4.69) is 17.0 Å². The highest BCUT2D eigenvalue weighted by atomic mass is 35.5. The summed E-state index contributed by atoms with van der Waals surface area (Å²) < 4.78 is 71.8. The lowest BCUT2D eigenvalue weighted by Gasteiger charge is -2.56. The van der Waals surface area contributed by atoms with Gasteiger partial charge < -0.3 is 9.94 Å². The minimum atomic E-state index is -5.89. The molecule has 0 aromatic heterocycles. The van der Waals surface area contributed by atoms with Crippen LogP contribution in [0.25, 0.3) is 0 Å². The Morgan fingerprint density at radius 1 is 1.04 bits per heavy atom. The van der Waals surface area contributed by atoms with E-state index in [0.29, 0.717) is 41.3 Å². The van der Waals surface area contributed by atoms with Crippen LogP contribution in [0.2, 0.25) is 10.0 Å². The number of fused-ring (bicyclic) bond motifs is 4. The number of oxime groups is 1. The number of allylic oxidation sites excluding steroid dienone is 4. The summed E-state index contributed by atoms with van der Waals surface area (Å²) in [6.45, 7) is 1.58. The van der Waals surface area contributed by atoms with Crippen LogP contribution in [0.15, 0.2) is 70.4 Å². The number of ketones is 1. The topological polar surface area (TPSA) is 58.9 Å². The fraction of sp³-hybridized carbons (Fsp3) is 0.444. The van der Waals surface area contributed by atoms with Crippen molar-refractivity contribution in [1.82, 2.24) is 0 Å². The number of halogens is 7. The SMILES string of the molecule is C[C@]12C[C@H](c3ccc(C#CC=NOCc4ccc(Cl)c(Cl)c4)cc3)C3=C4CCC(=O)C=C4CC[C@H]3[C@@H]1CC[C@@]2(O)C(F)(F)C(F)(F)F. The molecular formula is C36H32Cl2F5NO3. The molecule has 0 unspecified atom stereocenters. The van der Waals surface area contributed by atoms with Crippen molar-refractivity contribution in [3.05, 3.63) is 92.0 Å². The van der Waals surface area contributed by atoms with Crippen LogP contribution >= 0.6 is 23.2 Å². The number of carbonyl (C=O) groups is 1. The molecule has 0 bridgehead atoms. The van der Waals surface area contributed by atoms with Gasteiger partial charge in [0.2, 0.25) is 0 Å². The first-order chi connectivity index (χ1) is 22.2. The van der Waals surface area contributed by atoms with Gasteiger partial charge in [-0.3, -0.25) is 4.79 Å². The molecule has 2 saturated carbocycles. The first-order valence-corrected chi connectivity index (χ1v) is 16.2. The first kappa shape index (κ1) is 33.7. The first-order valence-electron chi connectivity index (χ1n) is 15.5. The molecule has 248 valence electrons. The lowest BCUT2D eigenvalue weighted by molar-refractivity contribution is -0.362. The predicted molar refractivity (Wildman–Crippen MR) is 169 cm³/mol. The van der Waals surface area contributed by atoms with Crippen LogP contribution < -0.4 is 0 Å². The number of benzene rings is 2. The number of hydrogen-bond acceptors (Lipinski definition) is 4. The molecule has 11 heteroatoms. The number of carbonyl (C=O) groups excluding carboxylic acids is 1. The van der Waals surface area contributed by atoms with Crippen LogP contribution in [0.4, 0.5) is 22.0 Å². The second-order valence-electron chi connectivity index (χ2n) is 13.1. The number of alkyl halides is 5. The van der Waals surface area contributed by atoms with Crippen molar-refractivity contribution in [2.75, 3.05) is 0 Å². The lowest BCUT2D eigenvalue weighted by Crippen LogP contribution is -2.65. The van der Waals surface area contributed by atoms with Crippen LogP contribution in [0.1, 0.15) is 74.5 Å². The number of nitrogens with zero attached hydrogens (tertiary/aromatic N) is 1. The van der Waals surface area contributed by atoms with Crippen molar-refractivity contribution in [3.8, 4) is 11.8 Å². The fourth-order valence-corrected chi connectivity index (χ4v) is 8.75. The quantitative estimate of drug-likeness (QED) is 0.147. The second-order valence-corrected chi connectivity index (χ2v) is 13.9. The zero-order chi connectivity index (χ0) is 33.8. The summed E-state index contributed by atoms with van der Waals surface area (Å²) in [5.41, 5.74) is 0.162. The van der Waals surface area contributed by atoms with Crippen molar-refractivity contribution in [2.24, 2.45) is 22.4 Å². The van der Waals surface area contributed by atoms with Crippen LogP contribution in [-0.2, 0) is 16.2 Å². The summed E-state index contributed by atoms with van der Waals surface area (Å²) in [6.07, 6.45) is -1.67. The van der Waals surface area contributed by atoms with Crippen molar-refractivity contribution >= 4 is 35.2 Å². The Bertz CT molecular complexity index is 1740. The lowest BCUT2D eigenvalue weighted by atomic mass is 9.50. The van der Waals surface area contributed by atoms with Gasteiger partial charge in [-0.1, -0.05) is 65.0 Å². The molecule has 0 spiro atoms. The van der Waals surface area contributed by atoms with E-state index in [9.17, 15) is 23.1 Å². The van der Waals surface area contributed by atoms with E-state index in [1.165, 1.54) is 13.1 Å². The van der Waals surface area contributed by atoms with Crippen molar-refractivity contribution in [1.29, 1.82) is 0 Å². The van der Waals surface area contributed by atoms with Gasteiger partial charge in [0.15, 0.2) is 5.78 Å². The molecule has 4 aliphatic carbocycles. The standard InChI is InChI=1S/C36H32Cl2F5NO3/c1-33-19-28(23-7-4-21(5-8-23)3-2-16-44-47-20-22-6-13-30(37)31(38)17-22)32-26-12-10-25(45)18-24(26)9-11-27(32)29(33)14-15-34(33,46)35(39,40)36(41,42)43/h4-8,13,16-18,27-29,46H,9-12,14-15,19-20H2,1H3/t27-,28+,29-,33-,34-/m0/s1. The fourth-order valence-electron chi connectivity index (χ4n) is 8.43. The molecular weight excluding hydrogens is 660 g/mol. The van der Waals surface area contributed by atoms with E-state index in [1.807, 2.05) is 12.1 Å². The minimum Gasteiger partial charge on any atom is -0.390 e. The molecule has 6 rings (SSSR count). The largest absolute Gasteiger partial charge is 0.456 e. The summed E-state index contributed by atoms with van der Waals surface area (Å²) in [7, 11) is 0. The molecule has 4 aliphatic rings. The molecule has 47 heavy (non-hydrogen) atoms. The molecule has 2 aromatic rings. The summed E-state index contributed by atoms with van der Waals surface area (Å²) in [5.74, 6) is -0.854. The molecule has 2 aromatic carbocycles. The highest BCUT2D eigenvalue weighted by Crippen LogP contribution is 2.70. The highest BCUT2D eigenvalue weighted by molar-refractivity contribution is 6.42. The zero-order valence-electron chi connectivity index (χ0n) is 25.4. The van der Waals surface area contributed by atoms with Crippen LogP contribution in [0, 0.1) is 29.1 Å². The molecule has 5 atom stereocenters. The van der Waals surface area contributed by atoms with Gasteiger partial charge >= 0.3 is 12.1 Å². The molecule has 0 heterocycles. The monoisotopic (exact) mass is 691 g/mol. The minimum absolute atomic E-state index is 0.0336. The maximum atomic E-state index is 15.2. The van der Waals surface area contributed by atoms with Gasteiger partial charge in [0, 0.05) is 23.3 Å². The Balaban J connectivity index is 1.28. The van der Waals surface area contributed by atoms with Gasteiger partial charge in [0.1, 0.15) is 18.4 Å². The Morgan fingerprint density at radius 2 is 1.79 bits per heavy atom. The normalized spacial score (nSPS) is 29.1. The van der Waals surface area contributed by atoms with E-state index < -0.39 is 41.4 Å². The van der Waals surface area contributed by atoms with E-state index in [-0.39, 0.29) is 31.1 Å². The van der Waals surface area contributed by atoms with E-state index in [1.54, 1.807) is 36.4 Å². The summed E-state index contributed by atoms with van der Waals surface area (Å²) >= 11 is 11.9. The molecule has 0 aliphatic heterocycles. The third kappa shape index (κ3) is 5.81. The molecule has 0 saturated heterocycles. The van der Waals surface area contributed by atoms with Gasteiger partial charge in [0.25, 0.3) is 0 Å². The van der Waals surface area contributed by atoms with Gasteiger partial charge in [-0.15, -0.1) is 0 Å². The zero-order valence-corrected chi connectivity index (χ0v) is 27.0. The van der Waals surface area contributed by atoms with Gasteiger partial charge in [0.05, 0.1) is 10.0 Å². The van der Waals surface area contributed by atoms with Gasteiger partial charge in [-0.2, -0.15) is 22.0 Å².